The Morgan fingerprint density at radius 3 is 2.04 bits per heavy atom. The minimum atomic E-state index is -1.22. The maximum absolute atomic E-state index is 12.6. The van der Waals surface area contributed by atoms with Gasteiger partial charge in [0.25, 0.3) is 11.4 Å². The molecule has 0 fully saturated rings. The van der Waals surface area contributed by atoms with Gasteiger partial charge >= 0.3 is 5.97 Å². The average Bonchev–Trinajstić information content (AvgIpc) is 2.54. The zero-order chi connectivity index (χ0) is 18.3. The molecule has 0 saturated heterocycles. The van der Waals surface area contributed by atoms with Gasteiger partial charge in [-0.1, -0.05) is 0 Å². The van der Waals surface area contributed by atoms with Crippen LogP contribution in [0.5, 0.6) is 0 Å². The predicted molar refractivity (Wildman–Crippen MR) is 80.4 cm³/mol. The molecule has 0 aliphatic rings. The van der Waals surface area contributed by atoms with Crippen molar-refractivity contribution >= 4 is 23.1 Å². The number of benzene rings is 1. The Morgan fingerprint density at radius 2 is 1.62 bits per heavy atom. The largest absolute Gasteiger partial charge is 0.500 e. The van der Waals surface area contributed by atoms with Gasteiger partial charge in [-0.15, -0.1) is 0 Å². The molecule has 1 aromatic carbocycles. The van der Waals surface area contributed by atoms with E-state index in [4.69, 9.17) is 9.47 Å². The van der Waals surface area contributed by atoms with Crippen molar-refractivity contribution in [2.75, 3.05) is 13.2 Å². The smallest absolute Gasteiger partial charge is 0.345 e. The molecule has 0 heterocycles. The fourth-order valence-electron chi connectivity index (χ4n) is 1.77. The lowest BCUT2D eigenvalue weighted by Crippen LogP contribution is -2.19. The van der Waals surface area contributed by atoms with Crippen LogP contribution in [-0.4, -0.2) is 34.8 Å². The van der Waals surface area contributed by atoms with Crippen molar-refractivity contribution in [2.24, 2.45) is 0 Å². The monoisotopic (exact) mass is 338 g/mol. The quantitative estimate of drug-likeness (QED) is 0.103. The van der Waals surface area contributed by atoms with Crippen molar-refractivity contribution in [2.45, 2.75) is 13.8 Å². The molecule has 10 nitrogen and oxygen atoms in total. The van der Waals surface area contributed by atoms with E-state index in [0.717, 1.165) is 24.5 Å². The summed E-state index contributed by atoms with van der Waals surface area (Å²) in [5.74, 6) is -2.32. The number of rotatable bonds is 8. The van der Waals surface area contributed by atoms with Gasteiger partial charge in [-0.3, -0.25) is 25.0 Å². The molecular weight excluding hydrogens is 324 g/mol. The third-order valence-electron chi connectivity index (χ3n) is 2.75. The normalized spacial score (nSPS) is 10.8. The molecule has 0 radical (unpaired) electrons. The van der Waals surface area contributed by atoms with E-state index in [1.54, 1.807) is 6.92 Å². The number of carbonyl (C=O) groups excluding carboxylic acids is 2. The van der Waals surface area contributed by atoms with Crippen LogP contribution in [0, 0.1) is 20.2 Å². The highest BCUT2D eigenvalue weighted by Gasteiger charge is 2.35. The minimum Gasteiger partial charge on any atom is -0.500 e. The van der Waals surface area contributed by atoms with Gasteiger partial charge in [-0.05, 0) is 19.9 Å². The third kappa shape index (κ3) is 4.12. The van der Waals surface area contributed by atoms with Gasteiger partial charge < -0.3 is 9.47 Å². The van der Waals surface area contributed by atoms with Crippen LogP contribution in [-0.2, 0) is 14.3 Å². The summed E-state index contributed by atoms with van der Waals surface area (Å²) in [5.41, 5.74) is -3.07. The van der Waals surface area contributed by atoms with Crippen LogP contribution in [0.2, 0.25) is 0 Å². The molecule has 0 bridgehead atoms. The summed E-state index contributed by atoms with van der Waals surface area (Å²) in [6.07, 6.45) is 0.779. The van der Waals surface area contributed by atoms with E-state index in [1.165, 1.54) is 6.92 Å². The number of ether oxygens (including phenoxy) is 2. The van der Waals surface area contributed by atoms with Crippen molar-refractivity contribution < 1.29 is 28.9 Å². The summed E-state index contributed by atoms with van der Waals surface area (Å²) in [6.45, 7) is 3.12. The molecular formula is C14H14N2O8. The van der Waals surface area contributed by atoms with Crippen LogP contribution in [0.4, 0.5) is 11.4 Å². The van der Waals surface area contributed by atoms with Crippen LogP contribution in [0.3, 0.4) is 0 Å². The molecule has 0 amide bonds. The first-order valence-electron chi connectivity index (χ1n) is 6.80. The van der Waals surface area contributed by atoms with Crippen molar-refractivity contribution in [3.63, 3.8) is 0 Å². The highest BCUT2D eigenvalue weighted by molar-refractivity contribution is 6.26. The van der Waals surface area contributed by atoms with E-state index in [-0.39, 0.29) is 13.2 Å². The number of nitrogens with zero attached hydrogens (tertiary/aromatic N) is 2. The molecule has 0 unspecified atom stereocenters. The lowest BCUT2D eigenvalue weighted by atomic mass is 10.0. The Labute approximate surface area is 136 Å². The molecule has 1 aromatic rings. The number of esters is 1. The number of carbonyl (C=O) groups is 2. The Morgan fingerprint density at radius 1 is 1.08 bits per heavy atom. The van der Waals surface area contributed by atoms with Gasteiger partial charge in [0.1, 0.15) is 11.8 Å². The first-order chi connectivity index (χ1) is 11.3. The first kappa shape index (κ1) is 18.7. The highest BCUT2D eigenvalue weighted by Crippen LogP contribution is 2.30. The number of hydrogen-bond donors (Lipinski definition) is 0. The second-order valence-corrected chi connectivity index (χ2v) is 4.22. The lowest BCUT2D eigenvalue weighted by molar-refractivity contribution is -0.394. The predicted octanol–water partition coefficient (Wildman–Crippen LogP) is 2.17. The number of hydrogen-bond acceptors (Lipinski definition) is 8. The molecule has 0 saturated carbocycles. The molecule has 1 rings (SSSR count). The maximum Gasteiger partial charge on any atom is 0.345 e. The van der Waals surface area contributed by atoms with Crippen molar-refractivity contribution in [1.82, 2.24) is 0 Å². The Bertz CT molecular complexity index is 678. The molecule has 0 spiro atoms. The van der Waals surface area contributed by atoms with Crippen LogP contribution in [0.25, 0.3) is 0 Å². The van der Waals surface area contributed by atoms with Crippen LogP contribution < -0.4 is 0 Å². The van der Waals surface area contributed by atoms with E-state index in [1.807, 2.05) is 0 Å². The third-order valence-corrected chi connectivity index (χ3v) is 2.75. The Kier molecular flexibility index (Phi) is 6.53. The fourth-order valence-corrected chi connectivity index (χ4v) is 1.77. The minimum absolute atomic E-state index is 0.0610. The zero-order valence-electron chi connectivity index (χ0n) is 12.9. The summed E-state index contributed by atoms with van der Waals surface area (Å²) in [7, 11) is 0. The zero-order valence-corrected chi connectivity index (χ0v) is 12.9. The summed E-state index contributed by atoms with van der Waals surface area (Å²) in [6, 6.07) is 2.94. The Hall–Kier alpha value is -3.30. The number of nitro benzene ring substituents is 2. The topological polar surface area (TPSA) is 139 Å². The summed E-state index contributed by atoms with van der Waals surface area (Å²) in [5, 5.41) is 22.2. The van der Waals surface area contributed by atoms with Gasteiger partial charge in [-0.25, -0.2) is 4.79 Å². The van der Waals surface area contributed by atoms with Crippen molar-refractivity contribution in [3.05, 3.63) is 55.8 Å². The van der Waals surface area contributed by atoms with Gasteiger partial charge in [0.2, 0.25) is 5.78 Å². The molecule has 0 aromatic heterocycles. The van der Waals surface area contributed by atoms with Crippen molar-refractivity contribution in [1.29, 1.82) is 0 Å². The van der Waals surface area contributed by atoms with Gasteiger partial charge in [-0.2, -0.15) is 0 Å². The van der Waals surface area contributed by atoms with E-state index in [9.17, 15) is 29.8 Å². The molecule has 0 aliphatic heterocycles. The van der Waals surface area contributed by atoms with E-state index in [2.05, 4.69) is 0 Å². The SMILES string of the molecule is CCOC=C(C(=O)OCC)C(=O)c1c([N+](=O)[O-])cccc1[N+](=O)[O-]. The first-order valence-corrected chi connectivity index (χ1v) is 6.80. The second kappa shape index (κ2) is 8.36. The fraction of sp³-hybridized carbons (Fsp3) is 0.286. The van der Waals surface area contributed by atoms with Crippen molar-refractivity contribution in [3.8, 4) is 0 Å². The van der Waals surface area contributed by atoms with Crippen LogP contribution >= 0.6 is 0 Å². The molecule has 0 aliphatic carbocycles. The number of ketones is 1. The number of Topliss-reactive ketones (excluding diaryl/α,β-unsaturated/α-hetero) is 1. The maximum atomic E-state index is 12.6. The summed E-state index contributed by atoms with van der Waals surface area (Å²) < 4.78 is 9.58. The summed E-state index contributed by atoms with van der Waals surface area (Å²) >= 11 is 0. The molecule has 24 heavy (non-hydrogen) atoms. The molecule has 128 valence electrons. The molecule has 0 N–H and O–H groups in total. The second-order valence-electron chi connectivity index (χ2n) is 4.22. The standard InChI is InChI=1S/C14H14N2O8/c1-3-23-8-9(14(18)24-4-2)13(17)12-10(15(19)20)6-5-7-11(12)16(21)22/h5-8H,3-4H2,1-2H3. The van der Waals surface area contributed by atoms with Crippen LogP contribution in [0.15, 0.2) is 30.0 Å². The Balaban J connectivity index is 3.55. The van der Waals surface area contributed by atoms with Crippen LogP contribution in [0.1, 0.15) is 24.2 Å². The van der Waals surface area contributed by atoms with E-state index >= 15 is 0 Å². The molecule has 10 heteroatoms. The molecule has 0 atom stereocenters. The van der Waals surface area contributed by atoms with Gasteiger partial charge in [0, 0.05) is 12.1 Å². The van der Waals surface area contributed by atoms with Gasteiger partial charge in [0.15, 0.2) is 5.56 Å². The lowest BCUT2D eigenvalue weighted by Gasteiger charge is -2.07. The van der Waals surface area contributed by atoms with Gasteiger partial charge in [0.05, 0.1) is 23.1 Å². The average molecular weight is 338 g/mol. The summed E-state index contributed by atoms with van der Waals surface area (Å²) in [4.78, 5) is 44.8. The highest BCUT2D eigenvalue weighted by atomic mass is 16.6. The van der Waals surface area contributed by atoms with E-state index in [0.29, 0.717) is 0 Å². The number of nitro groups is 2. The van der Waals surface area contributed by atoms with E-state index < -0.39 is 44.1 Å².